The summed E-state index contributed by atoms with van der Waals surface area (Å²) in [7, 11) is 1.27. The van der Waals surface area contributed by atoms with Gasteiger partial charge in [0.05, 0.1) is 5.60 Å². The van der Waals surface area contributed by atoms with Gasteiger partial charge in [-0.15, -0.1) is 0 Å². The van der Waals surface area contributed by atoms with E-state index in [-0.39, 0.29) is 0 Å². The van der Waals surface area contributed by atoms with Crippen LogP contribution in [0.5, 0.6) is 0 Å². The number of hydrogen-bond donors (Lipinski definition) is 1. The molecule has 1 aliphatic rings. The smallest absolute Gasteiger partial charge is 0.0896 e. The molecule has 0 heterocycles. The van der Waals surface area contributed by atoms with Gasteiger partial charge in [0.15, 0.2) is 0 Å². The molecule has 1 aliphatic carbocycles. The first kappa shape index (κ1) is 12.8. The molecule has 1 saturated carbocycles. The summed E-state index contributed by atoms with van der Waals surface area (Å²) < 4.78 is 0. The standard InChI is InChI=1S/C15H24OSi/c1-15(16,13-4-2-3-5-13)14-8-6-12(7-9-14)10-11-17/h6-9,13,16H,2-5,10-11H2,1,17H3. The van der Waals surface area contributed by atoms with E-state index in [2.05, 4.69) is 24.3 Å². The first-order valence-corrected chi connectivity index (χ1v) is 8.38. The van der Waals surface area contributed by atoms with Crippen molar-refractivity contribution in [1.29, 1.82) is 0 Å². The molecular formula is C15H24OSi. The summed E-state index contributed by atoms with van der Waals surface area (Å²) in [4.78, 5) is 0. The van der Waals surface area contributed by atoms with Crippen molar-refractivity contribution >= 4 is 10.2 Å². The van der Waals surface area contributed by atoms with E-state index in [0.717, 1.165) is 5.56 Å². The summed E-state index contributed by atoms with van der Waals surface area (Å²) >= 11 is 0. The maximum absolute atomic E-state index is 10.7. The Kier molecular flexibility index (Phi) is 4.05. The maximum Gasteiger partial charge on any atom is 0.0896 e. The van der Waals surface area contributed by atoms with Crippen LogP contribution in [0.4, 0.5) is 0 Å². The number of aryl methyl sites for hydroxylation is 1. The third-order valence-electron chi connectivity index (χ3n) is 4.23. The molecule has 1 nitrogen and oxygen atoms in total. The van der Waals surface area contributed by atoms with Crippen LogP contribution in [-0.2, 0) is 12.0 Å². The summed E-state index contributed by atoms with van der Waals surface area (Å²) in [6, 6.07) is 9.96. The molecule has 1 atom stereocenters. The van der Waals surface area contributed by atoms with E-state index < -0.39 is 5.60 Å². The molecule has 94 valence electrons. The fraction of sp³-hybridized carbons (Fsp3) is 0.600. The van der Waals surface area contributed by atoms with Crippen LogP contribution >= 0.6 is 0 Å². The molecule has 0 radical (unpaired) electrons. The molecule has 1 unspecified atom stereocenters. The molecule has 2 heteroatoms. The van der Waals surface area contributed by atoms with Crippen molar-refractivity contribution in [3.05, 3.63) is 35.4 Å². The summed E-state index contributed by atoms with van der Waals surface area (Å²) in [6.45, 7) is 1.99. The first-order chi connectivity index (χ1) is 8.14. The van der Waals surface area contributed by atoms with Gasteiger partial charge in [0.2, 0.25) is 0 Å². The molecule has 1 aromatic rings. The summed E-state index contributed by atoms with van der Waals surface area (Å²) in [5, 5.41) is 10.7. The van der Waals surface area contributed by atoms with Crippen molar-refractivity contribution in [1.82, 2.24) is 0 Å². The van der Waals surface area contributed by atoms with Crippen LogP contribution in [0.2, 0.25) is 6.04 Å². The van der Waals surface area contributed by atoms with Crippen molar-refractivity contribution in [2.75, 3.05) is 0 Å². The highest BCUT2D eigenvalue weighted by atomic mass is 28.1. The Morgan fingerprint density at radius 3 is 2.35 bits per heavy atom. The Bertz CT molecular complexity index is 350. The number of benzene rings is 1. The normalized spacial score (nSPS) is 20.6. The van der Waals surface area contributed by atoms with E-state index in [1.807, 2.05) is 6.92 Å². The van der Waals surface area contributed by atoms with Crippen LogP contribution in [0.3, 0.4) is 0 Å². The Hall–Kier alpha value is -0.603. The van der Waals surface area contributed by atoms with Crippen LogP contribution in [0.15, 0.2) is 24.3 Å². The van der Waals surface area contributed by atoms with Crippen LogP contribution in [0.1, 0.15) is 43.7 Å². The van der Waals surface area contributed by atoms with Gasteiger partial charge in [-0.1, -0.05) is 43.2 Å². The number of rotatable bonds is 4. The van der Waals surface area contributed by atoms with Crippen molar-refractivity contribution in [2.45, 2.75) is 50.7 Å². The zero-order valence-electron chi connectivity index (χ0n) is 11.1. The van der Waals surface area contributed by atoms with Crippen molar-refractivity contribution in [3.8, 4) is 0 Å². The van der Waals surface area contributed by atoms with E-state index in [9.17, 15) is 5.11 Å². The zero-order chi connectivity index (χ0) is 12.3. The number of aliphatic hydroxyl groups is 1. The highest BCUT2D eigenvalue weighted by Crippen LogP contribution is 2.40. The topological polar surface area (TPSA) is 20.2 Å². The van der Waals surface area contributed by atoms with Gasteiger partial charge in [0.25, 0.3) is 0 Å². The van der Waals surface area contributed by atoms with Crippen LogP contribution in [-0.4, -0.2) is 15.3 Å². The predicted molar refractivity (Wildman–Crippen MR) is 76.4 cm³/mol. The molecule has 1 fully saturated rings. The average molecular weight is 248 g/mol. The average Bonchev–Trinajstić information content (AvgIpc) is 2.84. The molecule has 0 spiro atoms. The molecule has 1 aromatic carbocycles. The molecule has 2 rings (SSSR count). The molecule has 0 amide bonds. The Labute approximate surface area is 108 Å². The third kappa shape index (κ3) is 2.80. The van der Waals surface area contributed by atoms with Crippen LogP contribution in [0.25, 0.3) is 0 Å². The van der Waals surface area contributed by atoms with E-state index >= 15 is 0 Å². The third-order valence-corrected chi connectivity index (χ3v) is 4.73. The fourth-order valence-corrected chi connectivity index (χ4v) is 3.60. The van der Waals surface area contributed by atoms with Gasteiger partial charge in [-0.3, -0.25) is 0 Å². The van der Waals surface area contributed by atoms with Crippen LogP contribution in [0, 0.1) is 5.92 Å². The van der Waals surface area contributed by atoms with E-state index in [0.29, 0.717) is 5.92 Å². The summed E-state index contributed by atoms with van der Waals surface area (Å²) in [5.41, 5.74) is 1.88. The van der Waals surface area contributed by atoms with Gasteiger partial charge < -0.3 is 5.11 Å². The Morgan fingerprint density at radius 2 is 1.82 bits per heavy atom. The predicted octanol–water partition coefficient (Wildman–Crippen LogP) is 2.41. The minimum absolute atomic E-state index is 0.451. The summed E-state index contributed by atoms with van der Waals surface area (Å²) in [6.07, 6.45) is 6.10. The van der Waals surface area contributed by atoms with Gasteiger partial charge in [-0.05, 0) is 43.2 Å². The zero-order valence-corrected chi connectivity index (χ0v) is 13.1. The molecule has 0 saturated heterocycles. The van der Waals surface area contributed by atoms with Gasteiger partial charge in [0.1, 0.15) is 0 Å². The summed E-state index contributed by atoms with van der Waals surface area (Å²) in [5.74, 6) is 0.451. The van der Waals surface area contributed by atoms with Gasteiger partial charge in [-0.25, -0.2) is 0 Å². The van der Waals surface area contributed by atoms with Gasteiger partial charge >= 0.3 is 0 Å². The van der Waals surface area contributed by atoms with E-state index in [1.54, 1.807) is 0 Å². The highest BCUT2D eigenvalue weighted by Gasteiger charge is 2.35. The largest absolute Gasteiger partial charge is 0.385 e. The first-order valence-electron chi connectivity index (χ1n) is 6.96. The number of hydrogen-bond acceptors (Lipinski definition) is 1. The Balaban J connectivity index is 2.14. The van der Waals surface area contributed by atoms with Gasteiger partial charge in [-0.2, -0.15) is 0 Å². The lowest BCUT2D eigenvalue weighted by atomic mass is 9.81. The van der Waals surface area contributed by atoms with Crippen molar-refractivity contribution in [2.24, 2.45) is 5.92 Å². The van der Waals surface area contributed by atoms with E-state index in [1.165, 1.54) is 54.0 Å². The SMILES string of the molecule is CC(O)(c1ccc(CC[SiH3])cc1)C1CCCC1. The Morgan fingerprint density at radius 1 is 1.24 bits per heavy atom. The van der Waals surface area contributed by atoms with Gasteiger partial charge in [0, 0.05) is 10.2 Å². The molecular weight excluding hydrogens is 224 g/mol. The molecule has 0 bridgehead atoms. The lowest BCUT2D eigenvalue weighted by molar-refractivity contribution is -0.00333. The van der Waals surface area contributed by atoms with Crippen molar-refractivity contribution in [3.63, 3.8) is 0 Å². The quantitative estimate of drug-likeness (QED) is 0.811. The second kappa shape index (κ2) is 5.36. The maximum atomic E-state index is 10.7. The highest BCUT2D eigenvalue weighted by molar-refractivity contribution is 6.08. The van der Waals surface area contributed by atoms with Crippen LogP contribution < -0.4 is 0 Å². The minimum atomic E-state index is -0.629. The van der Waals surface area contributed by atoms with E-state index in [4.69, 9.17) is 0 Å². The lowest BCUT2D eigenvalue weighted by Crippen LogP contribution is -2.29. The molecule has 0 aromatic heterocycles. The molecule has 1 N–H and O–H groups in total. The lowest BCUT2D eigenvalue weighted by Gasteiger charge is -2.30. The molecule has 17 heavy (non-hydrogen) atoms. The fourth-order valence-electron chi connectivity index (χ4n) is 3.02. The second-order valence-electron chi connectivity index (χ2n) is 5.58. The monoisotopic (exact) mass is 248 g/mol. The van der Waals surface area contributed by atoms with Crippen molar-refractivity contribution < 1.29 is 5.11 Å². The second-order valence-corrected chi connectivity index (χ2v) is 6.58. The minimum Gasteiger partial charge on any atom is -0.385 e. The molecule has 0 aliphatic heterocycles.